The molecule has 4 nitrogen and oxygen atoms in total. The van der Waals surface area contributed by atoms with Gasteiger partial charge in [0.25, 0.3) is 5.91 Å². The van der Waals surface area contributed by atoms with E-state index in [1.54, 1.807) is 12.1 Å². The third kappa shape index (κ3) is 4.19. The van der Waals surface area contributed by atoms with Crippen LogP contribution in [0.25, 0.3) is 0 Å². The summed E-state index contributed by atoms with van der Waals surface area (Å²) in [5.41, 5.74) is 1.49. The highest BCUT2D eigenvalue weighted by Gasteiger charge is 2.11. The molecule has 1 rings (SSSR count). The molecule has 0 fully saturated rings. The summed E-state index contributed by atoms with van der Waals surface area (Å²) in [6.45, 7) is 4.19. The van der Waals surface area contributed by atoms with Gasteiger partial charge in [-0.1, -0.05) is 26.0 Å². The molecule has 1 N–H and O–H groups in total. The second-order valence-corrected chi connectivity index (χ2v) is 5.88. The smallest absolute Gasteiger partial charge is 0.264 e. The molecule has 1 aromatic carbocycles. The first-order valence-electron chi connectivity index (χ1n) is 5.45. The van der Waals surface area contributed by atoms with Gasteiger partial charge in [0.15, 0.2) is 0 Å². The highest BCUT2D eigenvalue weighted by atomic mass is 32.2. The molecule has 0 spiro atoms. The monoisotopic (exact) mass is 255 g/mol. The Bertz CT molecular complexity index is 491. The molecule has 1 aromatic rings. The van der Waals surface area contributed by atoms with Gasteiger partial charge in [0.1, 0.15) is 0 Å². The molecule has 0 aliphatic rings. The number of sulfonamides is 1. The van der Waals surface area contributed by atoms with E-state index >= 15 is 0 Å². The Morgan fingerprint density at radius 2 is 1.82 bits per heavy atom. The van der Waals surface area contributed by atoms with Crippen LogP contribution in [0.5, 0.6) is 0 Å². The lowest BCUT2D eigenvalue weighted by Crippen LogP contribution is -2.29. The van der Waals surface area contributed by atoms with Gasteiger partial charge in [-0.25, -0.2) is 13.1 Å². The number of nitrogens with one attached hydrogen (secondary N) is 1. The second-order valence-electron chi connectivity index (χ2n) is 4.13. The zero-order valence-electron chi connectivity index (χ0n) is 10.2. The van der Waals surface area contributed by atoms with Crippen LogP contribution in [0.2, 0.25) is 0 Å². The van der Waals surface area contributed by atoms with Crippen LogP contribution in [-0.2, 0) is 10.0 Å². The molecule has 17 heavy (non-hydrogen) atoms. The van der Waals surface area contributed by atoms with Gasteiger partial charge in [-0.05, 0) is 30.0 Å². The summed E-state index contributed by atoms with van der Waals surface area (Å²) in [6, 6.07) is 6.99. The molecule has 1 unspecified atom stereocenters. The van der Waals surface area contributed by atoms with E-state index in [2.05, 4.69) is 13.8 Å². The fraction of sp³-hybridized carbons (Fsp3) is 0.417. The number of rotatable bonds is 4. The van der Waals surface area contributed by atoms with Crippen molar-refractivity contribution in [3.63, 3.8) is 0 Å². The molecule has 0 saturated carbocycles. The average molecular weight is 255 g/mol. The van der Waals surface area contributed by atoms with Crippen LogP contribution in [0, 0.1) is 0 Å². The lowest BCUT2D eigenvalue weighted by molar-refractivity contribution is 0.0981. The summed E-state index contributed by atoms with van der Waals surface area (Å²) in [4.78, 5) is 11.5. The minimum absolute atomic E-state index is 0.350. The van der Waals surface area contributed by atoms with E-state index in [0.29, 0.717) is 11.5 Å². The fourth-order valence-corrected chi connectivity index (χ4v) is 1.88. The first-order valence-corrected chi connectivity index (χ1v) is 7.34. The SMILES string of the molecule is CCC(C)c1ccc(C(=O)NS(C)(=O)=O)cc1. The third-order valence-electron chi connectivity index (χ3n) is 2.63. The highest BCUT2D eigenvalue weighted by molar-refractivity contribution is 7.89. The van der Waals surface area contributed by atoms with Crippen molar-refractivity contribution in [2.45, 2.75) is 26.2 Å². The van der Waals surface area contributed by atoms with Crippen LogP contribution in [0.4, 0.5) is 0 Å². The van der Waals surface area contributed by atoms with E-state index < -0.39 is 15.9 Å². The molecule has 1 atom stereocenters. The largest absolute Gasteiger partial charge is 0.268 e. The highest BCUT2D eigenvalue weighted by Crippen LogP contribution is 2.18. The van der Waals surface area contributed by atoms with Crippen molar-refractivity contribution in [2.24, 2.45) is 0 Å². The number of amides is 1. The van der Waals surface area contributed by atoms with Crippen molar-refractivity contribution in [3.05, 3.63) is 35.4 Å². The van der Waals surface area contributed by atoms with Crippen molar-refractivity contribution in [3.8, 4) is 0 Å². The zero-order valence-corrected chi connectivity index (χ0v) is 11.0. The Hall–Kier alpha value is -1.36. The Kier molecular flexibility index (Phi) is 4.28. The molecular formula is C12H17NO3S. The van der Waals surface area contributed by atoms with Crippen molar-refractivity contribution in [1.82, 2.24) is 4.72 Å². The summed E-state index contributed by atoms with van der Waals surface area (Å²) in [6.07, 6.45) is 1.98. The summed E-state index contributed by atoms with van der Waals surface area (Å²) in [5, 5.41) is 0. The van der Waals surface area contributed by atoms with Crippen LogP contribution in [0.3, 0.4) is 0 Å². The van der Waals surface area contributed by atoms with E-state index in [1.165, 1.54) is 0 Å². The van der Waals surface area contributed by atoms with Gasteiger partial charge in [0.05, 0.1) is 6.26 Å². The lowest BCUT2D eigenvalue weighted by atomic mass is 9.98. The quantitative estimate of drug-likeness (QED) is 0.893. The van der Waals surface area contributed by atoms with E-state index in [-0.39, 0.29) is 0 Å². The van der Waals surface area contributed by atoms with E-state index in [0.717, 1.165) is 18.2 Å². The van der Waals surface area contributed by atoms with Crippen molar-refractivity contribution in [1.29, 1.82) is 0 Å². The molecule has 0 radical (unpaired) electrons. The van der Waals surface area contributed by atoms with Crippen LogP contribution in [-0.4, -0.2) is 20.6 Å². The van der Waals surface area contributed by atoms with Gasteiger partial charge in [0.2, 0.25) is 10.0 Å². The molecule has 5 heteroatoms. The molecule has 0 aliphatic carbocycles. The first-order chi connectivity index (χ1) is 7.83. The molecule has 0 bridgehead atoms. The summed E-state index contributed by atoms with van der Waals surface area (Å²) in [5.74, 6) is -0.162. The minimum atomic E-state index is -3.50. The number of carbonyl (C=O) groups is 1. The van der Waals surface area contributed by atoms with Crippen LogP contribution in [0.1, 0.15) is 42.1 Å². The molecule has 0 aliphatic heterocycles. The Morgan fingerprint density at radius 1 is 1.29 bits per heavy atom. The van der Waals surface area contributed by atoms with Gasteiger partial charge < -0.3 is 0 Å². The Labute approximate surface area is 102 Å². The Morgan fingerprint density at radius 3 is 2.24 bits per heavy atom. The minimum Gasteiger partial charge on any atom is -0.268 e. The first kappa shape index (κ1) is 13.7. The average Bonchev–Trinajstić information content (AvgIpc) is 2.26. The molecule has 0 aromatic heterocycles. The topological polar surface area (TPSA) is 63.2 Å². The van der Waals surface area contributed by atoms with Gasteiger partial charge in [0, 0.05) is 5.56 Å². The van der Waals surface area contributed by atoms with Crippen LogP contribution in [0.15, 0.2) is 24.3 Å². The maximum Gasteiger partial charge on any atom is 0.264 e. The second kappa shape index (κ2) is 5.31. The molecular weight excluding hydrogens is 238 g/mol. The number of hydrogen-bond donors (Lipinski definition) is 1. The summed E-state index contributed by atoms with van der Waals surface area (Å²) < 4.78 is 23.7. The standard InChI is InChI=1S/C12H17NO3S/c1-4-9(2)10-5-7-11(8-6-10)12(14)13-17(3,15)16/h5-9H,4H2,1-3H3,(H,13,14). The fourth-order valence-electron chi connectivity index (χ4n) is 1.43. The lowest BCUT2D eigenvalue weighted by Gasteiger charge is -2.09. The van der Waals surface area contributed by atoms with Crippen molar-refractivity contribution >= 4 is 15.9 Å². The Balaban J connectivity index is 2.84. The van der Waals surface area contributed by atoms with Gasteiger partial charge in [-0.2, -0.15) is 0 Å². The van der Waals surface area contributed by atoms with Crippen molar-refractivity contribution in [2.75, 3.05) is 6.26 Å². The summed E-state index contributed by atoms with van der Waals surface area (Å²) in [7, 11) is -3.50. The molecule has 0 saturated heterocycles. The maximum atomic E-state index is 11.5. The molecule has 94 valence electrons. The number of carbonyl (C=O) groups excluding carboxylic acids is 1. The number of hydrogen-bond acceptors (Lipinski definition) is 3. The van der Waals surface area contributed by atoms with E-state index in [4.69, 9.17) is 0 Å². The van der Waals surface area contributed by atoms with E-state index in [1.807, 2.05) is 16.9 Å². The number of benzene rings is 1. The normalized spacial score (nSPS) is 13.1. The van der Waals surface area contributed by atoms with Gasteiger partial charge >= 0.3 is 0 Å². The third-order valence-corrected chi connectivity index (χ3v) is 3.19. The predicted octanol–water partition coefficient (Wildman–Crippen LogP) is 1.89. The van der Waals surface area contributed by atoms with Crippen molar-refractivity contribution < 1.29 is 13.2 Å². The van der Waals surface area contributed by atoms with Gasteiger partial charge in [-0.15, -0.1) is 0 Å². The molecule has 0 heterocycles. The molecule has 1 amide bonds. The van der Waals surface area contributed by atoms with Crippen LogP contribution >= 0.6 is 0 Å². The predicted molar refractivity (Wildman–Crippen MR) is 67.5 cm³/mol. The van der Waals surface area contributed by atoms with Crippen LogP contribution < -0.4 is 4.72 Å². The van der Waals surface area contributed by atoms with E-state index in [9.17, 15) is 13.2 Å². The zero-order chi connectivity index (χ0) is 13.1. The maximum absolute atomic E-state index is 11.5. The summed E-state index contributed by atoms with van der Waals surface area (Å²) >= 11 is 0. The van der Waals surface area contributed by atoms with Gasteiger partial charge in [-0.3, -0.25) is 4.79 Å².